The third-order valence-electron chi connectivity index (χ3n) is 8.13. The Kier molecular flexibility index (Phi) is 11.8. The van der Waals surface area contributed by atoms with Crippen LogP contribution < -0.4 is 9.47 Å². The van der Waals surface area contributed by atoms with Crippen molar-refractivity contribution in [3.63, 3.8) is 0 Å². The Bertz CT molecular complexity index is 1370. The number of ether oxygens (including phenoxy) is 4. The van der Waals surface area contributed by atoms with E-state index in [1.54, 1.807) is 25.6 Å². The number of thiazole rings is 1. The van der Waals surface area contributed by atoms with E-state index >= 15 is 0 Å². The van der Waals surface area contributed by atoms with Gasteiger partial charge in [0.15, 0.2) is 8.32 Å². The van der Waals surface area contributed by atoms with Gasteiger partial charge in [0, 0.05) is 18.6 Å². The second-order valence-corrected chi connectivity index (χ2v) is 19.0. The van der Waals surface area contributed by atoms with Crippen LogP contribution in [0.4, 0.5) is 0 Å². The Hall–Kier alpha value is -2.46. The number of nitrogens with zero attached hydrogens (tertiary/aromatic N) is 1. The monoisotopic (exact) mass is 629 g/mol. The van der Waals surface area contributed by atoms with E-state index in [0.29, 0.717) is 43.1 Å². The first-order valence-corrected chi connectivity index (χ1v) is 18.9. The maximum Gasteiger partial charge on any atom is 0.340 e. The quantitative estimate of drug-likeness (QED) is 0.130. The van der Waals surface area contributed by atoms with Crippen LogP contribution in [0, 0.1) is 19.8 Å². The fourth-order valence-corrected chi connectivity index (χ4v) is 7.10. The molecule has 0 saturated carbocycles. The summed E-state index contributed by atoms with van der Waals surface area (Å²) >= 11 is 1.62. The maximum atomic E-state index is 12.7. The molecule has 0 bridgehead atoms. The number of hydrogen-bond donors (Lipinski definition) is 0. The molecule has 238 valence electrons. The first-order valence-electron chi connectivity index (χ1n) is 15.2. The molecule has 0 aliphatic heterocycles. The van der Waals surface area contributed by atoms with Gasteiger partial charge in [-0.15, -0.1) is 11.3 Å². The molecular formula is C34H51NO6SSi. The number of methoxy groups -OCH3 is 2. The van der Waals surface area contributed by atoms with Crippen LogP contribution >= 0.6 is 11.3 Å². The summed E-state index contributed by atoms with van der Waals surface area (Å²) < 4.78 is 31.7. The lowest BCUT2D eigenvalue weighted by Crippen LogP contribution is -2.44. The van der Waals surface area contributed by atoms with E-state index in [-0.39, 0.29) is 23.2 Å². The van der Waals surface area contributed by atoms with Gasteiger partial charge in [0.05, 0.1) is 53.8 Å². The van der Waals surface area contributed by atoms with Crippen LogP contribution in [0.2, 0.25) is 18.1 Å². The fourth-order valence-electron chi connectivity index (χ4n) is 4.71. The van der Waals surface area contributed by atoms with Crippen LogP contribution in [0.3, 0.4) is 0 Å². The van der Waals surface area contributed by atoms with Gasteiger partial charge in [0.2, 0.25) is 0 Å². The van der Waals surface area contributed by atoms with Crippen molar-refractivity contribution < 1.29 is 28.2 Å². The summed E-state index contributed by atoms with van der Waals surface area (Å²) in [4.78, 5) is 17.6. The number of aryl methyl sites for hydroxylation is 2. The highest BCUT2D eigenvalue weighted by Gasteiger charge is 2.42. The summed E-state index contributed by atoms with van der Waals surface area (Å²) in [5.41, 5.74) is 4.15. The molecule has 2 aromatic carbocycles. The van der Waals surface area contributed by atoms with E-state index in [1.807, 2.05) is 26.8 Å². The SMILES string of the molecule is CCOC(=O)c1cc(C)cc2sc(CC[C@H](OCC(C)C)[C@H](O[Si](C)(C)C(C)(C)C)c3cc(OC)c(C)c(OC)c3)nc12. The molecule has 43 heavy (non-hydrogen) atoms. The molecule has 0 radical (unpaired) electrons. The topological polar surface area (TPSA) is 76.1 Å². The standard InChI is InChI=1S/C34H51NO6SSi/c1-13-39-33(36)25-16-22(4)17-29-31(25)35-30(42-29)15-14-26(40-20-21(2)3)32(41-43(11,12)34(6,7)8)24-18-27(37-9)23(5)28(19-24)38-10/h16-19,21,26,32H,13-15,20H2,1-12H3/t26-,32+/m0/s1. The van der Waals surface area contributed by atoms with Crippen molar-refractivity contribution in [1.29, 1.82) is 0 Å². The van der Waals surface area contributed by atoms with E-state index in [0.717, 1.165) is 37.9 Å². The molecule has 2 atom stereocenters. The molecule has 1 aromatic heterocycles. The summed E-state index contributed by atoms with van der Waals surface area (Å²) in [5, 5.41) is 0.954. The molecule has 0 spiro atoms. The molecule has 0 saturated heterocycles. The second-order valence-electron chi connectivity index (χ2n) is 13.1. The molecule has 1 heterocycles. The van der Waals surface area contributed by atoms with Crippen LogP contribution in [0.25, 0.3) is 10.2 Å². The van der Waals surface area contributed by atoms with Crippen LogP contribution in [-0.4, -0.2) is 52.8 Å². The first-order chi connectivity index (χ1) is 20.1. The number of carbonyl (C=O) groups is 1. The van der Waals surface area contributed by atoms with Crippen molar-refractivity contribution in [2.24, 2.45) is 5.92 Å². The van der Waals surface area contributed by atoms with E-state index in [4.69, 9.17) is 28.4 Å². The van der Waals surface area contributed by atoms with Crippen molar-refractivity contribution in [3.8, 4) is 11.5 Å². The lowest BCUT2D eigenvalue weighted by atomic mass is 9.98. The maximum absolute atomic E-state index is 12.7. The van der Waals surface area contributed by atoms with E-state index in [2.05, 4.69) is 65.9 Å². The van der Waals surface area contributed by atoms with Crippen LogP contribution in [0.1, 0.15) is 86.1 Å². The lowest BCUT2D eigenvalue weighted by molar-refractivity contribution is -0.0459. The van der Waals surface area contributed by atoms with Gasteiger partial charge in [-0.2, -0.15) is 0 Å². The number of benzene rings is 2. The number of carbonyl (C=O) groups excluding carboxylic acids is 1. The minimum absolute atomic E-state index is 0.00110. The highest BCUT2D eigenvalue weighted by atomic mass is 32.1. The van der Waals surface area contributed by atoms with Gasteiger partial charge in [0.1, 0.15) is 11.5 Å². The second kappa shape index (κ2) is 14.5. The molecule has 0 aliphatic rings. The smallest absolute Gasteiger partial charge is 0.340 e. The predicted octanol–water partition coefficient (Wildman–Crippen LogP) is 8.84. The first kappa shape index (κ1) is 35.0. The van der Waals surface area contributed by atoms with Crippen molar-refractivity contribution in [1.82, 2.24) is 4.98 Å². The highest BCUT2D eigenvalue weighted by Crippen LogP contribution is 2.43. The van der Waals surface area contributed by atoms with Gasteiger partial charge < -0.3 is 23.4 Å². The van der Waals surface area contributed by atoms with Gasteiger partial charge in [0.25, 0.3) is 0 Å². The van der Waals surface area contributed by atoms with Gasteiger partial charge in [-0.1, -0.05) is 34.6 Å². The Labute approximate surface area is 263 Å². The normalized spacial score (nSPS) is 13.8. The molecule has 0 fully saturated rings. The molecule has 0 amide bonds. The Balaban J connectivity index is 2.07. The van der Waals surface area contributed by atoms with Gasteiger partial charge in [-0.3, -0.25) is 0 Å². The van der Waals surface area contributed by atoms with E-state index in [1.165, 1.54) is 0 Å². The molecule has 0 N–H and O–H groups in total. The summed E-state index contributed by atoms with van der Waals surface area (Å²) in [7, 11) is 1.13. The molecule has 0 aliphatic carbocycles. The van der Waals surface area contributed by atoms with Crippen LogP contribution in [0.15, 0.2) is 24.3 Å². The number of rotatable bonds is 14. The number of esters is 1. The summed E-state index contributed by atoms with van der Waals surface area (Å²) in [6, 6.07) is 8.07. The number of hydrogen-bond acceptors (Lipinski definition) is 8. The molecule has 3 aromatic rings. The van der Waals surface area contributed by atoms with Crippen molar-refractivity contribution in [2.75, 3.05) is 27.4 Å². The van der Waals surface area contributed by atoms with Gasteiger partial charge in [-0.05, 0) is 86.6 Å². The minimum Gasteiger partial charge on any atom is -0.496 e. The van der Waals surface area contributed by atoms with Gasteiger partial charge >= 0.3 is 5.97 Å². The van der Waals surface area contributed by atoms with Crippen molar-refractivity contribution in [3.05, 3.63) is 51.5 Å². The summed E-state index contributed by atoms with van der Waals surface area (Å²) in [5.74, 6) is 1.54. The zero-order chi connectivity index (χ0) is 32.1. The molecular weight excluding hydrogens is 579 g/mol. The average molecular weight is 630 g/mol. The average Bonchev–Trinajstić information content (AvgIpc) is 3.33. The third kappa shape index (κ3) is 8.59. The van der Waals surface area contributed by atoms with Crippen LogP contribution in [0.5, 0.6) is 11.5 Å². The number of fused-ring (bicyclic) bond motifs is 1. The lowest BCUT2D eigenvalue weighted by Gasteiger charge is -2.42. The zero-order valence-corrected chi connectivity index (χ0v) is 30.0. The third-order valence-corrected chi connectivity index (χ3v) is 13.7. The Morgan fingerprint density at radius 1 is 1.02 bits per heavy atom. The zero-order valence-electron chi connectivity index (χ0n) is 28.2. The van der Waals surface area contributed by atoms with Crippen molar-refractivity contribution in [2.45, 2.75) is 98.6 Å². The summed E-state index contributed by atoms with van der Waals surface area (Å²) in [6.07, 6.45) is 0.792. The molecule has 3 rings (SSSR count). The fraction of sp³-hybridized carbons (Fsp3) is 0.588. The number of aromatic nitrogens is 1. The largest absolute Gasteiger partial charge is 0.496 e. The summed E-state index contributed by atoms with van der Waals surface area (Å²) in [6.45, 7) is 22.3. The molecule has 9 heteroatoms. The van der Waals surface area contributed by atoms with Crippen LogP contribution in [-0.2, 0) is 20.3 Å². The molecule has 0 unspecified atom stereocenters. The highest BCUT2D eigenvalue weighted by molar-refractivity contribution is 7.18. The van der Waals surface area contributed by atoms with E-state index in [9.17, 15) is 4.79 Å². The van der Waals surface area contributed by atoms with E-state index < -0.39 is 8.32 Å². The Morgan fingerprint density at radius 3 is 2.19 bits per heavy atom. The van der Waals surface area contributed by atoms with Crippen molar-refractivity contribution >= 4 is 35.8 Å². The molecule has 7 nitrogen and oxygen atoms in total. The predicted molar refractivity (Wildman–Crippen MR) is 179 cm³/mol. The van der Waals surface area contributed by atoms with Gasteiger partial charge in [-0.25, -0.2) is 9.78 Å². The Morgan fingerprint density at radius 2 is 1.65 bits per heavy atom. The minimum atomic E-state index is -2.23.